The van der Waals surface area contributed by atoms with Gasteiger partial charge in [0, 0.05) is 6.42 Å². The third kappa shape index (κ3) is 26.9. The van der Waals surface area contributed by atoms with E-state index in [2.05, 4.69) is 47.9 Å². The molecule has 12 amide bonds. The normalized spacial score (nSPS) is 15.0. The fourth-order valence-electron chi connectivity index (χ4n) is 7.57. The molecule has 1 rings (SSSR count). The van der Waals surface area contributed by atoms with Crippen LogP contribution in [-0.2, 0) is 73.5 Å². The SMILES string of the molecule is CC[C@H](C)[C@H](N)C(=O)N[C@@H](C)C(=O)N[C@@H](CO)C(=O)N[C@@H](CC(=O)O)C(=O)N[C@@H](CC(=O)O)C(=O)NCC(=O)N[C@@H](Cc1ccccc1)C(=O)N[C@@H](CCCCN)C(=O)N[C@@H](C)C(=O)N[C@H](C(=O)N[C@H](C(=O)NCC(N)=O)C(C)C)C(C)C. The molecule has 0 aliphatic rings. The van der Waals surface area contributed by atoms with Crippen LogP contribution in [0.4, 0.5) is 0 Å². The number of hydrogen-bond donors (Lipinski definition) is 17. The number of nitrogens with one attached hydrogen (secondary N) is 11. The number of benzene rings is 1. The maximum atomic E-state index is 14.1. The standard InChI is InChI=1S/C52H84N14O17/c1-9-27(6)40(55)50(81)59-28(7)43(74)64-35(24-67)49(80)63-34(21-39(72)73)48(79)62-33(20-38(70)71)45(76)57-23-37(69)60-32(19-30-15-11-10-12-16-30)47(78)61-31(17-13-14-18-53)46(77)58-29(8)44(75)65-42(26(4)5)52(83)66-41(25(2)3)51(82)56-22-36(54)68/h10-12,15-16,25-29,31-35,40-42,67H,9,13-14,17-24,53,55H2,1-8H3,(H2,54,68)(H,56,82)(H,57,76)(H,58,77)(H,59,81)(H,60,69)(H,61,78)(H,62,79)(H,63,80)(H,64,74)(H,65,75)(H,66,83)(H,70,71)(H,72,73)/t27-,28-,29-,31-,32-,33-,34-,35-,40-,41-,42-/m0/s1. The maximum absolute atomic E-state index is 14.1. The second-order valence-corrected chi connectivity index (χ2v) is 20.5. The first-order valence-corrected chi connectivity index (χ1v) is 27.0. The largest absolute Gasteiger partial charge is 0.481 e. The number of carbonyl (C=O) groups excluding carboxylic acids is 12. The molecular formula is C52H84N14O17. The second-order valence-electron chi connectivity index (χ2n) is 20.5. The van der Waals surface area contributed by atoms with Crippen molar-refractivity contribution < 1.29 is 82.4 Å². The number of carboxylic acid groups (broad SMARTS) is 2. The highest BCUT2D eigenvalue weighted by atomic mass is 16.4. The van der Waals surface area contributed by atoms with Crippen molar-refractivity contribution in [1.29, 1.82) is 0 Å². The van der Waals surface area contributed by atoms with Crippen molar-refractivity contribution in [3.05, 3.63) is 35.9 Å². The van der Waals surface area contributed by atoms with Crippen LogP contribution in [0.3, 0.4) is 0 Å². The summed E-state index contributed by atoms with van der Waals surface area (Å²) in [4.78, 5) is 182. The molecule has 0 spiro atoms. The summed E-state index contributed by atoms with van der Waals surface area (Å²) < 4.78 is 0. The smallest absolute Gasteiger partial charge is 0.305 e. The van der Waals surface area contributed by atoms with Crippen LogP contribution in [-0.4, -0.2) is 185 Å². The Kier molecular flexibility index (Phi) is 32.3. The number of nitrogens with two attached hydrogens (primary N) is 3. The molecule has 11 atom stereocenters. The number of carbonyl (C=O) groups is 14. The van der Waals surface area contributed by atoms with Crippen molar-refractivity contribution in [2.75, 3.05) is 26.2 Å². The zero-order chi connectivity index (χ0) is 63.3. The van der Waals surface area contributed by atoms with E-state index in [0.717, 1.165) is 0 Å². The molecule has 1 aromatic carbocycles. The van der Waals surface area contributed by atoms with E-state index in [1.54, 1.807) is 71.9 Å². The summed E-state index contributed by atoms with van der Waals surface area (Å²) in [7, 11) is 0. The molecule has 20 N–H and O–H groups in total. The highest BCUT2D eigenvalue weighted by molar-refractivity contribution is 6.00. The number of unbranched alkanes of at least 4 members (excludes halogenated alkanes) is 1. The minimum atomic E-state index is -2.05. The molecule has 0 aromatic heterocycles. The Morgan fingerprint density at radius 3 is 1.45 bits per heavy atom. The van der Waals surface area contributed by atoms with Crippen LogP contribution in [0, 0.1) is 17.8 Å². The Bertz CT molecular complexity index is 2430. The highest BCUT2D eigenvalue weighted by Crippen LogP contribution is 2.11. The number of aliphatic hydroxyl groups is 1. The molecule has 31 nitrogen and oxygen atoms in total. The average molecular weight is 1180 g/mol. The van der Waals surface area contributed by atoms with Gasteiger partial charge >= 0.3 is 11.9 Å². The number of aliphatic carboxylic acids is 2. The molecule has 1 aromatic rings. The topological polar surface area (TPSA) is 510 Å². The summed E-state index contributed by atoms with van der Waals surface area (Å²) in [6.07, 6.45) is -1.26. The van der Waals surface area contributed by atoms with Crippen LogP contribution < -0.4 is 75.7 Å². The van der Waals surface area contributed by atoms with Crippen molar-refractivity contribution in [2.45, 2.75) is 161 Å². The van der Waals surface area contributed by atoms with Crippen LogP contribution in [0.5, 0.6) is 0 Å². The summed E-state index contributed by atoms with van der Waals surface area (Å²) in [5, 5.41) is 54.9. The zero-order valence-corrected chi connectivity index (χ0v) is 48.0. The molecule has 0 aliphatic heterocycles. The van der Waals surface area contributed by atoms with Gasteiger partial charge in [-0.05, 0) is 63.0 Å². The van der Waals surface area contributed by atoms with E-state index < -0.39 is 188 Å². The Balaban J connectivity index is 3.29. The van der Waals surface area contributed by atoms with Gasteiger partial charge in [-0.25, -0.2) is 0 Å². The van der Waals surface area contributed by atoms with E-state index in [4.69, 9.17) is 17.2 Å². The number of aliphatic hydroxyl groups excluding tert-OH is 1. The summed E-state index contributed by atoms with van der Waals surface area (Å²) in [6.45, 7) is 10.3. The first-order chi connectivity index (χ1) is 38.9. The summed E-state index contributed by atoms with van der Waals surface area (Å²) in [6, 6.07) is -6.42. The first-order valence-electron chi connectivity index (χ1n) is 27.0. The van der Waals surface area contributed by atoms with Gasteiger partial charge in [-0.3, -0.25) is 67.1 Å². The van der Waals surface area contributed by atoms with Crippen molar-refractivity contribution in [3.63, 3.8) is 0 Å². The first kappa shape index (κ1) is 72.7. The van der Waals surface area contributed by atoms with E-state index in [9.17, 15) is 82.4 Å². The molecule has 0 heterocycles. The Morgan fingerprint density at radius 2 is 0.940 bits per heavy atom. The highest BCUT2D eigenvalue weighted by Gasteiger charge is 2.36. The molecular weight excluding hydrogens is 1090 g/mol. The van der Waals surface area contributed by atoms with Gasteiger partial charge in [0.25, 0.3) is 0 Å². The monoisotopic (exact) mass is 1180 g/mol. The van der Waals surface area contributed by atoms with Crippen LogP contribution in [0.2, 0.25) is 0 Å². The molecule has 0 fully saturated rings. The lowest BCUT2D eigenvalue weighted by atomic mass is 9.99. The minimum Gasteiger partial charge on any atom is -0.481 e. The maximum Gasteiger partial charge on any atom is 0.305 e. The predicted molar refractivity (Wildman–Crippen MR) is 296 cm³/mol. The number of hydrogen-bond acceptors (Lipinski definition) is 17. The summed E-state index contributed by atoms with van der Waals surface area (Å²) in [5.41, 5.74) is 17.3. The van der Waals surface area contributed by atoms with Crippen LogP contribution in [0.1, 0.15) is 99.5 Å². The molecule has 0 radical (unpaired) electrons. The third-order valence-electron chi connectivity index (χ3n) is 12.8. The van der Waals surface area contributed by atoms with Gasteiger partial charge in [-0.2, -0.15) is 0 Å². The Morgan fingerprint density at radius 1 is 0.494 bits per heavy atom. The average Bonchev–Trinajstić information content (AvgIpc) is 3.41. The lowest BCUT2D eigenvalue weighted by Crippen LogP contribution is -2.60. The lowest BCUT2D eigenvalue weighted by Gasteiger charge is -2.28. The fraction of sp³-hybridized carbons (Fsp3) is 0.615. The van der Waals surface area contributed by atoms with Gasteiger partial charge in [0.2, 0.25) is 70.9 Å². The molecule has 464 valence electrons. The van der Waals surface area contributed by atoms with E-state index in [0.29, 0.717) is 24.8 Å². The van der Waals surface area contributed by atoms with Crippen LogP contribution in [0.25, 0.3) is 0 Å². The number of carboxylic acids is 2. The van der Waals surface area contributed by atoms with Gasteiger partial charge in [0.05, 0.1) is 38.6 Å². The molecule has 0 aliphatic carbocycles. The van der Waals surface area contributed by atoms with E-state index >= 15 is 0 Å². The van der Waals surface area contributed by atoms with Crippen molar-refractivity contribution >= 4 is 82.8 Å². The molecule has 0 saturated carbocycles. The number of primary amides is 1. The third-order valence-corrected chi connectivity index (χ3v) is 12.8. The Labute approximate surface area is 480 Å². The molecule has 83 heavy (non-hydrogen) atoms. The fourth-order valence-corrected chi connectivity index (χ4v) is 7.57. The van der Waals surface area contributed by atoms with Crippen LogP contribution in [0.15, 0.2) is 30.3 Å². The van der Waals surface area contributed by atoms with Gasteiger partial charge in [0.15, 0.2) is 0 Å². The Hall–Kier alpha value is -8.32. The minimum absolute atomic E-state index is 0.0162. The molecule has 0 unspecified atom stereocenters. The lowest BCUT2D eigenvalue weighted by molar-refractivity contribution is -0.143. The molecule has 31 heteroatoms. The van der Waals surface area contributed by atoms with E-state index in [1.165, 1.54) is 13.8 Å². The molecule has 0 saturated heterocycles. The van der Waals surface area contributed by atoms with E-state index in [-0.39, 0.29) is 25.3 Å². The van der Waals surface area contributed by atoms with Crippen molar-refractivity contribution in [3.8, 4) is 0 Å². The number of rotatable bonds is 38. The quantitative estimate of drug-likeness (QED) is 0.0274. The summed E-state index contributed by atoms with van der Waals surface area (Å²) in [5.74, 6) is -16.1. The zero-order valence-electron chi connectivity index (χ0n) is 48.0. The van der Waals surface area contributed by atoms with Crippen LogP contribution >= 0.6 is 0 Å². The van der Waals surface area contributed by atoms with E-state index in [1.807, 2.05) is 10.6 Å². The van der Waals surface area contributed by atoms with Gasteiger partial charge in [-0.15, -0.1) is 0 Å². The number of amides is 12. The van der Waals surface area contributed by atoms with Crippen molar-refractivity contribution in [2.24, 2.45) is 35.0 Å². The van der Waals surface area contributed by atoms with Gasteiger partial charge in [-0.1, -0.05) is 78.3 Å². The summed E-state index contributed by atoms with van der Waals surface area (Å²) >= 11 is 0. The predicted octanol–water partition coefficient (Wildman–Crippen LogP) is -5.89. The van der Waals surface area contributed by atoms with Gasteiger partial charge < -0.3 is 91.0 Å². The molecule has 0 bridgehead atoms. The van der Waals surface area contributed by atoms with Crippen molar-refractivity contribution in [1.82, 2.24) is 58.5 Å². The van der Waals surface area contributed by atoms with Gasteiger partial charge in [0.1, 0.15) is 54.4 Å². The second kappa shape index (κ2) is 36.9.